The number of methoxy groups -OCH3 is 1. The Kier molecular flexibility index (Phi) is 6.46. The number of aromatic amines is 1. The number of hydrogen-bond donors (Lipinski definition) is 1. The molecule has 0 aliphatic rings. The first-order valence-corrected chi connectivity index (χ1v) is 11.4. The minimum absolute atomic E-state index is 0.0558. The Morgan fingerprint density at radius 1 is 1.06 bits per heavy atom. The summed E-state index contributed by atoms with van der Waals surface area (Å²) in [5.74, 6) is 1.37. The highest BCUT2D eigenvalue weighted by Gasteiger charge is 2.22. The van der Waals surface area contributed by atoms with Crippen LogP contribution in [0.1, 0.15) is 39.0 Å². The van der Waals surface area contributed by atoms with Crippen LogP contribution in [0.5, 0.6) is 5.75 Å². The summed E-state index contributed by atoms with van der Waals surface area (Å²) in [7, 11) is 1.62. The molecule has 0 atom stereocenters. The number of carbonyl (C=O) groups excluding carboxylic acids is 2. The molecule has 8 heteroatoms. The summed E-state index contributed by atoms with van der Waals surface area (Å²) in [4.78, 5) is 28.0. The van der Waals surface area contributed by atoms with E-state index in [1.54, 1.807) is 21.0 Å². The fourth-order valence-corrected chi connectivity index (χ4v) is 4.71. The number of hydrogen-bond acceptors (Lipinski definition) is 6. The van der Waals surface area contributed by atoms with Gasteiger partial charge in [-0.15, -0.1) is 10.2 Å². The van der Waals surface area contributed by atoms with E-state index in [0.717, 1.165) is 17.0 Å². The average molecular weight is 461 g/mol. The largest absolute Gasteiger partial charge is 0.497 e. The van der Waals surface area contributed by atoms with Gasteiger partial charge in [0.1, 0.15) is 5.75 Å². The maximum atomic E-state index is 13.0. The number of thioether (sulfide) groups is 1. The zero-order valence-electron chi connectivity index (χ0n) is 18.9. The van der Waals surface area contributed by atoms with Gasteiger partial charge < -0.3 is 9.72 Å². The highest BCUT2D eigenvalue weighted by molar-refractivity contribution is 7.99. The number of benzene rings is 2. The summed E-state index contributed by atoms with van der Waals surface area (Å²) in [5, 5.41) is 9.40. The Bertz CT molecular complexity index is 1320. The van der Waals surface area contributed by atoms with Gasteiger partial charge in [0.05, 0.1) is 18.6 Å². The lowest BCUT2D eigenvalue weighted by molar-refractivity contribution is 0.101. The van der Waals surface area contributed by atoms with Crippen LogP contribution < -0.4 is 4.74 Å². The van der Waals surface area contributed by atoms with E-state index in [-0.39, 0.29) is 17.3 Å². The van der Waals surface area contributed by atoms with Crippen LogP contribution in [-0.2, 0) is 0 Å². The first-order chi connectivity index (χ1) is 15.9. The lowest BCUT2D eigenvalue weighted by atomic mass is 10.1. The quantitative estimate of drug-likeness (QED) is 0.292. The monoisotopic (exact) mass is 460 g/mol. The second-order valence-corrected chi connectivity index (χ2v) is 8.54. The zero-order chi connectivity index (χ0) is 23.5. The number of carbonyl (C=O) groups is 2. The van der Waals surface area contributed by atoms with E-state index in [1.165, 1.54) is 18.7 Å². The molecule has 0 saturated carbocycles. The van der Waals surface area contributed by atoms with Crippen molar-refractivity contribution >= 4 is 23.3 Å². The summed E-state index contributed by atoms with van der Waals surface area (Å²) >= 11 is 1.31. The van der Waals surface area contributed by atoms with Crippen LogP contribution >= 0.6 is 11.8 Å². The minimum atomic E-state index is -0.0985. The summed E-state index contributed by atoms with van der Waals surface area (Å²) in [6.45, 7) is 5.11. The number of ether oxygens (including phenoxy) is 1. The third-order valence-corrected chi connectivity index (χ3v) is 6.31. The summed E-state index contributed by atoms with van der Waals surface area (Å²) in [5.41, 5.74) is 4.18. The maximum Gasteiger partial charge on any atom is 0.196 e. The molecular weight excluding hydrogens is 436 g/mol. The number of ketones is 2. The first kappa shape index (κ1) is 22.5. The molecule has 168 valence electrons. The number of nitrogens with one attached hydrogen (secondary N) is 1. The molecule has 0 radical (unpaired) electrons. The molecule has 33 heavy (non-hydrogen) atoms. The smallest absolute Gasteiger partial charge is 0.196 e. The second kappa shape index (κ2) is 9.46. The van der Waals surface area contributed by atoms with E-state index in [0.29, 0.717) is 33.5 Å². The number of aryl methyl sites for hydroxylation is 1. The van der Waals surface area contributed by atoms with Gasteiger partial charge in [0.25, 0.3) is 0 Å². The highest BCUT2D eigenvalue weighted by Crippen LogP contribution is 2.30. The van der Waals surface area contributed by atoms with Crippen molar-refractivity contribution < 1.29 is 14.3 Å². The van der Waals surface area contributed by atoms with Crippen molar-refractivity contribution in [2.75, 3.05) is 12.9 Å². The van der Waals surface area contributed by atoms with Crippen molar-refractivity contribution in [2.24, 2.45) is 0 Å². The number of Topliss-reactive ketones (excluding diaryl/α,β-unsaturated/α-hetero) is 2. The highest BCUT2D eigenvalue weighted by atomic mass is 32.2. The van der Waals surface area contributed by atoms with Crippen LogP contribution in [0.15, 0.2) is 59.8 Å². The molecule has 1 N–H and O–H groups in total. The fourth-order valence-electron chi connectivity index (χ4n) is 3.88. The van der Waals surface area contributed by atoms with Crippen LogP contribution in [-0.4, -0.2) is 44.2 Å². The molecular formula is C25H24N4O3S. The van der Waals surface area contributed by atoms with Crippen LogP contribution in [0.25, 0.3) is 17.1 Å². The molecule has 4 aromatic rings. The molecule has 0 spiro atoms. The van der Waals surface area contributed by atoms with Crippen molar-refractivity contribution in [3.8, 4) is 22.8 Å². The average Bonchev–Trinajstić information content (AvgIpc) is 3.38. The van der Waals surface area contributed by atoms with Gasteiger partial charge in [-0.1, -0.05) is 42.1 Å². The minimum Gasteiger partial charge on any atom is -0.497 e. The summed E-state index contributed by atoms with van der Waals surface area (Å²) in [6, 6.07) is 17.4. The number of para-hydroxylation sites is 1. The molecule has 4 rings (SSSR count). The zero-order valence-corrected chi connectivity index (χ0v) is 19.7. The third-order valence-electron chi connectivity index (χ3n) is 5.38. The molecule has 2 aromatic carbocycles. The molecule has 0 bridgehead atoms. The Morgan fingerprint density at radius 3 is 2.48 bits per heavy atom. The Hall–Kier alpha value is -3.65. The van der Waals surface area contributed by atoms with E-state index in [2.05, 4.69) is 15.2 Å². The van der Waals surface area contributed by atoms with Crippen LogP contribution in [0, 0.1) is 13.8 Å². The van der Waals surface area contributed by atoms with Gasteiger partial charge in [-0.2, -0.15) is 0 Å². The predicted molar refractivity (Wildman–Crippen MR) is 129 cm³/mol. The van der Waals surface area contributed by atoms with Crippen LogP contribution in [0.4, 0.5) is 0 Å². The van der Waals surface area contributed by atoms with Gasteiger partial charge in [0.15, 0.2) is 22.5 Å². The predicted octanol–water partition coefficient (Wildman–Crippen LogP) is 5.07. The molecule has 0 fully saturated rings. The number of nitrogens with zero attached hydrogens (tertiary/aromatic N) is 3. The lowest BCUT2D eigenvalue weighted by Crippen LogP contribution is -2.07. The Balaban J connectivity index is 1.67. The molecule has 0 aliphatic carbocycles. The molecule has 7 nitrogen and oxygen atoms in total. The molecule has 0 unspecified atom stereocenters. The van der Waals surface area contributed by atoms with Crippen LogP contribution in [0.2, 0.25) is 0 Å². The molecule has 2 heterocycles. The Morgan fingerprint density at radius 2 is 1.82 bits per heavy atom. The van der Waals surface area contributed by atoms with Crippen molar-refractivity contribution in [1.29, 1.82) is 0 Å². The van der Waals surface area contributed by atoms with Crippen LogP contribution in [0.3, 0.4) is 0 Å². The molecule has 0 saturated heterocycles. The van der Waals surface area contributed by atoms with Gasteiger partial charge in [-0.25, -0.2) is 0 Å². The summed E-state index contributed by atoms with van der Waals surface area (Å²) in [6.07, 6.45) is 0. The topological polar surface area (TPSA) is 89.9 Å². The summed E-state index contributed by atoms with van der Waals surface area (Å²) < 4.78 is 7.29. The molecule has 0 aliphatic heterocycles. The number of H-pyrrole nitrogens is 1. The molecule has 0 amide bonds. The van der Waals surface area contributed by atoms with E-state index in [9.17, 15) is 9.59 Å². The Labute approximate surface area is 196 Å². The van der Waals surface area contributed by atoms with E-state index < -0.39 is 0 Å². The van der Waals surface area contributed by atoms with Gasteiger partial charge in [0, 0.05) is 22.5 Å². The van der Waals surface area contributed by atoms with E-state index >= 15 is 0 Å². The van der Waals surface area contributed by atoms with Crippen molar-refractivity contribution in [3.63, 3.8) is 0 Å². The standard InChI is InChI=1S/C25H24N4O3S/c1-15-22(17(3)30)16(2)26-23(15)21(31)14-33-25-28-27-24(18-9-8-12-20(13-18)32-4)29(25)19-10-6-5-7-11-19/h5-13,26H,14H2,1-4H3. The number of aromatic nitrogens is 4. The fraction of sp³-hybridized carbons (Fsp3) is 0.200. The maximum absolute atomic E-state index is 13.0. The third kappa shape index (κ3) is 4.47. The van der Waals surface area contributed by atoms with E-state index in [1.807, 2.05) is 59.2 Å². The van der Waals surface area contributed by atoms with Gasteiger partial charge in [0.2, 0.25) is 0 Å². The van der Waals surface area contributed by atoms with Gasteiger partial charge in [-0.05, 0) is 50.6 Å². The second-order valence-electron chi connectivity index (χ2n) is 7.60. The van der Waals surface area contributed by atoms with Gasteiger partial charge in [-0.3, -0.25) is 14.2 Å². The normalized spacial score (nSPS) is 10.9. The first-order valence-electron chi connectivity index (χ1n) is 10.4. The van der Waals surface area contributed by atoms with Gasteiger partial charge >= 0.3 is 0 Å². The lowest BCUT2D eigenvalue weighted by Gasteiger charge is -2.11. The van der Waals surface area contributed by atoms with Crippen molar-refractivity contribution in [2.45, 2.75) is 25.9 Å². The SMILES string of the molecule is COc1cccc(-c2nnc(SCC(=O)c3[nH]c(C)c(C(C)=O)c3C)n2-c2ccccc2)c1. The van der Waals surface area contributed by atoms with Crippen molar-refractivity contribution in [3.05, 3.63) is 77.1 Å². The van der Waals surface area contributed by atoms with E-state index in [4.69, 9.17) is 4.74 Å². The molecule has 2 aromatic heterocycles. The number of rotatable bonds is 8. The van der Waals surface area contributed by atoms with Crippen molar-refractivity contribution in [1.82, 2.24) is 19.7 Å².